The van der Waals surface area contributed by atoms with Gasteiger partial charge in [0.1, 0.15) is 5.82 Å². The van der Waals surface area contributed by atoms with Crippen molar-refractivity contribution in [3.63, 3.8) is 0 Å². The second-order valence-corrected chi connectivity index (χ2v) is 4.62. The third-order valence-corrected chi connectivity index (χ3v) is 3.06. The van der Waals surface area contributed by atoms with Crippen LogP contribution in [0.2, 0.25) is 0 Å². The molecule has 0 saturated heterocycles. The largest absolute Gasteiger partial charge is 0.463 e. The zero-order valence-corrected chi connectivity index (χ0v) is 11.5. The molecule has 0 fully saturated rings. The molecule has 0 N–H and O–H groups in total. The second kappa shape index (κ2) is 5.84. The van der Waals surface area contributed by atoms with Crippen molar-refractivity contribution >= 4 is 5.97 Å². The van der Waals surface area contributed by atoms with Gasteiger partial charge in [-0.05, 0) is 6.92 Å². The third kappa shape index (κ3) is 3.41. The smallest absolute Gasteiger partial charge is 0.451 e. The fourth-order valence-electron chi connectivity index (χ4n) is 2.12. The zero-order chi connectivity index (χ0) is 15.6. The van der Waals surface area contributed by atoms with Crippen molar-refractivity contribution in [3.8, 4) is 0 Å². The monoisotopic (exact) mass is 304 g/mol. The quantitative estimate of drug-likeness (QED) is 0.618. The van der Waals surface area contributed by atoms with E-state index in [1.165, 1.54) is 0 Å². The second-order valence-electron chi connectivity index (χ2n) is 4.62. The van der Waals surface area contributed by atoms with E-state index in [1.807, 2.05) is 0 Å². The normalized spacial score (nSPS) is 15.6. The van der Waals surface area contributed by atoms with Crippen LogP contribution in [0.25, 0.3) is 0 Å². The Bertz CT molecular complexity index is 553. The van der Waals surface area contributed by atoms with Crippen LogP contribution in [0.4, 0.5) is 13.2 Å². The van der Waals surface area contributed by atoms with Gasteiger partial charge in [0.25, 0.3) is 0 Å². The van der Waals surface area contributed by atoms with Crippen molar-refractivity contribution < 1.29 is 22.7 Å². The number of carbonyl (C=O) groups is 1. The maximum absolute atomic E-state index is 12.7. The number of nitrogens with zero attached hydrogens (tertiary/aromatic N) is 4. The summed E-state index contributed by atoms with van der Waals surface area (Å²) in [6.07, 6.45) is -4.51. The van der Waals surface area contributed by atoms with E-state index >= 15 is 0 Å². The van der Waals surface area contributed by atoms with E-state index in [9.17, 15) is 18.0 Å². The molecular weight excluding hydrogens is 289 g/mol. The van der Waals surface area contributed by atoms with Gasteiger partial charge < -0.3 is 9.30 Å². The maximum Gasteiger partial charge on any atom is 0.451 e. The minimum Gasteiger partial charge on any atom is -0.463 e. The van der Waals surface area contributed by atoms with Crippen LogP contribution in [-0.4, -0.2) is 45.3 Å². The molecular formula is C12H15F3N4O2. The van der Waals surface area contributed by atoms with Gasteiger partial charge in [0, 0.05) is 25.2 Å². The minimum absolute atomic E-state index is 0.118. The average Bonchev–Trinajstić information content (AvgIpc) is 2.81. The number of hydrogen-bond acceptors (Lipinski definition) is 5. The summed E-state index contributed by atoms with van der Waals surface area (Å²) in [6, 6.07) is 0. The first kappa shape index (κ1) is 15.5. The number of alkyl halides is 3. The lowest BCUT2D eigenvalue weighted by atomic mass is 10.2. The fraction of sp³-hybridized carbons (Fsp3) is 0.583. The van der Waals surface area contributed by atoms with Crippen molar-refractivity contribution in [1.29, 1.82) is 0 Å². The van der Waals surface area contributed by atoms with Gasteiger partial charge in [-0.25, -0.2) is 4.79 Å². The van der Waals surface area contributed by atoms with Crippen molar-refractivity contribution in [2.45, 2.75) is 26.2 Å². The standard InChI is InChI=1S/C12H15F3N4O2/c1-3-21-10(20)8(2)6-18-4-5-19-9(7-18)16-17-11(19)12(13,14)15/h2-7H2,1H3. The van der Waals surface area contributed by atoms with Gasteiger partial charge in [0.05, 0.1) is 13.2 Å². The molecule has 0 atom stereocenters. The summed E-state index contributed by atoms with van der Waals surface area (Å²) in [7, 11) is 0. The van der Waals surface area contributed by atoms with Gasteiger partial charge in [-0.15, -0.1) is 10.2 Å². The molecule has 1 aliphatic heterocycles. The topological polar surface area (TPSA) is 60.2 Å². The highest BCUT2D eigenvalue weighted by molar-refractivity contribution is 5.88. The summed E-state index contributed by atoms with van der Waals surface area (Å²) in [5.41, 5.74) is 0.265. The van der Waals surface area contributed by atoms with Crippen LogP contribution in [0.5, 0.6) is 0 Å². The Balaban J connectivity index is 2.02. The number of hydrogen-bond donors (Lipinski definition) is 0. The molecule has 0 spiro atoms. The van der Waals surface area contributed by atoms with Crippen molar-refractivity contribution in [1.82, 2.24) is 19.7 Å². The number of aromatic nitrogens is 3. The molecule has 21 heavy (non-hydrogen) atoms. The highest BCUT2D eigenvalue weighted by atomic mass is 19.4. The summed E-state index contributed by atoms with van der Waals surface area (Å²) in [4.78, 5) is 13.2. The first-order valence-electron chi connectivity index (χ1n) is 6.39. The predicted molar refractivity (Wildman–Crippen MR) is 66.1 cm³/mol. The molecule has 9 heteroatoms. The molecule has 0 amide bonds. The molecule has 0 saturated carbocycles. The first-order valence-corrected chi connectivity index (χ1v) is 6.39. The SMILES string of the molecule is C=C(CN1CCn2c(nnc2C(F)(F)F)C1)C(=O)OCC. The highest BCUT2D eigenvalue weighted by Gasteiger charge is 2.39. The van der Waals surface area contributed by atoms with Crippen LogP contribution in [0.3, 0.4) is 0 Å². The molecule has 0 unspecified atom stereocenters. The molecule has 2 rings (SSSR count). The molecule has 2 heterocycles. The Morgan fingerprint density at radius 2 is 2.10 bits per heavy atom. The minimum atomic E-state index is -4.51. The van der Waals surface area contributed by atoms with Gasteiger partial charge in [-0.2, -0.15) is 13.2 Å². The summed E-state index contributed by atoms with van der Waals surface area (Å²) in [5.74, 6) is -1.26. The Hall–Kier alpha value is -1.90. The van der Waals surface area contributed by atoms with Crippen molar-refractivity contribution in [2.75, 3.05) is 19.7 Å². The molecule has 1 aromatic heterocycles. The maximum atomic E-state index is 12.7. The van der Waals surface area contributed by atoms with Gasteiger partial charge >= 0.3 is 12.1 Å². The van der Waals surface area contributed by atoms with Crippen LogP contribution in [-0.2, 0) is 28.8 Å². The molecule has 0 radical (unpaired) electrons. The van der Waals surface area contributed by atoms with Crippen LogP contribution in [0.1, 0.15) is 18.6 Å². The molecule has 1 aliphatic rings. The Labute approximate surface area is 119 Å². The van der Waals surface area contributed by atoms with E-state index in [1.54, 1.807) is 11.8 Å². The summed E-state index contributed by atoms with van der Waals surface area (Å²) < 4.78 is 44.0. The van der Waals surface area contributed by atoms with E-state index in [2.05, 4.69) is 16.8 Å². The van der Waals surface area contributed by atoms with E-state index in [0.29, 0.717) is 6.54 Å². The van der Waals surface area contributed by atoms with Gasteiger partial charge in [-0.3, -0.25) is 4.90 Å². The van der Waals surface area contributed by atoms with E-state index < -0.39 is 18.0 Å². The molecule has 0 bridgehead atoms. The number of rotatable bonds is 4. The average molecular weight is 304 g/mol. The van der Waals surface area contributed by atoms with E-state index in [4.69, 9.17) is 4.74 Å². The zero-order valence-electron chi connectivity index (χ0n) is 11.5. The first-order chi connectivity index (χ1) is 9.82. The van der Waals surface area contributed by atoms with Crippen molar-refractivity contribution in [2.24, 2.45) is 0 Å². The Kier molecular flexibility index (Phi) is 4.31. The lowest BCUT2D eigenvalue weighted by Crippen LogP contribution is -2.37. The van der Waals surface area contributed by atoms with Crippen molar-refractivity contribution in [3.05, 3.63) is 23.8 Å². The molecule has 6 nitrogen and oxygen atoms in total. The Morgan fingerprint density at radius 3 is 2.71 bits per heavy atom. The number of esters is 1. The molecule has 0 aromatic carbocycles. The summed E-state index contributed by atoms with van der Waals surface area (Å²) in [6.45, 7) is 6.45. The summed E-state index contributed by atoms with van der Waals surface area (Å²) in [5, 5.41) is 6.76. The lowest BCUT2D eigenvalue weighted by molar-refractivity contribution is -0.148. The molecule has 1 aromatic rings. The van der Waals surface area contributed by atoms with Crippen LogP contribution in [0.15, 0.2) is 12.2 Å². The highest BCUT2D eigenvalue weighted by Crippen LogP contribution is 2.29. The van der Waals surface area contributed by atoms with Crippen LogP contribution < -0.4 is 0 Å². The summed E-state index contributed by atoms with van der Waals surface area (Å²) >= 11 is 0. The van der Waals surface area contributed by atoms with Gasteiger partial charge in [-0.1, -0.05) is 6.58 Å². The third-order valence-electron chi connectivity index (χ3n) is 3.06. The molecule has 116 valence electrons. The Morgan fingerprint density at radius 1 is 1.38 bits per heavy atom. The van der Waals surface area contributed by atoms with E-state index in [-0.39, 0.29) is 37.6 Å². The molecule has 0 aliphatic carbocycles. The number of fused-ring (bicyclic) bond motifs is 1. The number of halogens is 3. The van der Waals surface area contributed by atoms with Gasteiger partial charge in [0.15, 0.2) is 0 Å². The lowest BCUT2D eigenvalue weighted by Gasteiger charge is -2.27. The van der Waals surface area contributed by atoms with E-state index in [0.717, 1.165) is 4.57 Å². The van der Waals surface area contributed by atoms with Crippen LogP contribution in [0, 0.1) is 0 Å². The van der Waals surface area contributed by atoms with Gasteiger partial charge in [0.2, 0.25) is 5.82 Å². The fourth-order valence-corrected chi connectivity index (χ4v) is 2.12. The van der Waals surface area contributed by atoms with Crippen LogP contribution >= 0.6 is 0 Å². The number of carbonyl (C=O) groups excluding carboxylic acids is 1. The predicted octanol–water partition coefficient (Wildman–Crippen LogP) is 1.23. The number of ether oxygens (including phenoxy) is 1.